The van der Waals surface area contributed by atoms with Gasteiger partial charge in [-0.05, 0) is 17.5 Å². The van der Waals surface area contributed by atoms with Crippen molar-refractivity contribution in [2.45, 2.75) is 19.8 Å². The molecular formula is C13H15N5O3. The minimum absolute atomic E-state index is 0.0395. The van der Waals surface area contributed by atoms with E-state index in [1.807, 2.05) is 26.0 Å². The minimum atomic E-state index is -0.604. The first-order valence-corrected chi connectivity index (χ1v) is 6.27. The predicted octanol–water partition coefficient (Wildman–Crippen LogP) is 2.59. The van der Waals surface area contributed by atoms with Gasteiger partial charge in [0.1, 0.15) is 11.9 Å². The van der Waals surface area contributed by atoms with Gasteiger partial charge in [0, 0.05) is 0 Å². The van der Waals surface area contributed by atoms with Crippen LogP contribution in [0.25, 0.3) is 0 Å². The number of nitrogens with zero attached hydrogens (tertiary/aromatic N) is 3. The fourth-order valence-electron chi connectivity index (χ4n) is 1.78. The van der Waals surface area contributed by atoms with E-state index >= 15 is 0 Å². The number of hydrazine groups is 1. The van der Waals surface area contributed by atoms with Crippen LogP contribution >= 0.6 is 0 Å². The van der Waals surface area contributed by atoms with E-state index in [1.54, 1.807) is 12.1 Å². The van der Waals surface area contributed by atoms with Crippen molar-refractivity contribution in [3.05, 3.63) is 46.1 Å². The molecule has 2 aromatic rings. The second-order valence-corrected chi connectivity index (χ2v) is 4.58. The summed E-state index contributed by atoms with van der Waals surface area (Å²) in [4.78, 5) is 18.0. The summed E-state index contributed by atoms with van der Waals surface area (Å²) < 4.78 is 5.62. The van der Waals surface area contributed by atoms with Crippen LogP contribution in [0, 0.1) is 10.1 Å². The van der Waals surface area contributed by atoms with Crippen LogP contribution in [0.4, 0.5) is 11.6 Å². The molecule has 0 spiro atoms. The highest BCUT2D eigenvalue weighted by molar-refractivity contribution is 5.47. The number of nitrogen functional groups attached to an aromatic ring is 1. The Balaban J connectivity index is 2.45. The Kier molecular flexibility index (Phi) is 4.29. The quantitative estimate of drug-likeness (QED) is 0.493. The van der Waals surface area contributed by atoms with Crippen LogP contribution < -0.4 is 16.0 Å². The maximum absolute atomic E-state index is 11.0. The number of nitrogens with two attached hydrogens (primary N) is 1. The molecule has 3 N–H and O–H groups in total. The van der Waals surface area contributed by atoms with Crippen molar-refractivity contribution in [1.29, 1.82) is 0 Å². The molecule has 0 aliphatic rings. The van der Waals surface area contributed by atoms with E-state index in [9.17, 15) is 10.1 Å². The molecule has 1 aromatic carbocycles. The molecule has 0 atom stereocenters. The molecule has 0 bridgehead atoms. The predicted molar refractivity (Wildman–Crippen MR) is 77.1 cm³/mol. The van der Waals surface area contributed by atoms with Gasteiger partial charge in [0.25, 0.3) is 0 Å². The zero-order valence-electron chi connectivity index (χ0n) is 11.6. The van der Waals surface area contributed by atoms with Crippen molar-refractivity contribution in [1.82, 2.24) is 9.97 Å². The number of nitro groups is 1. The number of hydrogen-bond acceptors (Lipinski definition) is 7. The number of aromatic nitrogens is 2. The zero-order chi connectivity index (χ0) is 15.4. The molecule has 0 unspecified atom stereocenters. The average Bonchev–Trinajstić information content (AvgIpc) is 2.47. The summed E-state index contributed by atoms with van der Waals surface area (Å²) in [7, 11) is 0. The number of hydrogen-bond donors (Lipinski definition) is 2. The summed E-state index contributed by atoms with van der Waals surface area (Å²) in [6.45, 7) is 4.01. The van der Waals surface area contributed by atoms with Crippen molar-refractivity contribution >= 4 is 11.6 Å². The van der Waals surface area contributed by atoms with E-state index < -0.39 is 4.92 Å². The highest BCUT2D eigenvalue weighted by atomic mass is 16.6. The summed E-state index contributed by atoms with van der Waals surface area (Å²) in [6, 6.07) is 7.30. The van der Waals surface area contributed by atoms with E-state index in [4.69, 9.17) is 10.6 Å². The molecule has 0 radical (unpaired) electrons. The lowest BCUT2D eigenvalue weighted by Gasteiger charge is -2.13. The zero-order valence-corrected chi connectivity index (χ0v) is 11.6. The van der Waals surface area contributed by atoms with Gasteiger partial charge in [-0.3, -0.25) is 15.5 Å². The largest absolute Gasteiger partial charge is 0.433 e. The third-order valence-electron chi connectivity index (χ3n) is 2.81. The Morgan fingerprint density at radius 1 is 1.38 bits per heavy atom. The lowest BCUT2D eigenvalue weighted by molar-refractivity contribution is -0.386. The standard InChI is InChI=1S/C13H15N5O3/c1-8(2)9-5-3-4-6-11(9)21-12-10(18(19)20)7-15-13(16-12)17-14/h3-8H,14H2,1-2H3,(H,15,16,17). The lowest BCUT2D eigenvalue weighted by atomic mass is 10.0. The highest BCUT2D eigenvalue weighted by Gasteiger charge is 2.21. The van der Waals surface area contributed by atoms with Gasteiger partial charge in [-0.25, -0.2) is 10.8 Å². The van der Waals surface area contributed by atoms with E-state index in [-0.39, 0.29) is 23.4 Å². The fourth-order valence-corrected chi connectivity index (χ4v) is 1.78. The minimum Gasteiger partial charge on any atom is -0.433 e. The maximum Gasteiger partial charge on any atom is 0.349 e. The van der Waals surface area contributed by atoms with E-state index in [2.05, 4.69) is 15.4 Å². The average molecular weight is 289 g/mol. The third-order valence-corrected chi connectivity index (χ3v) is 2.81. The van der Waals surface area contributed by atoms with E-state index in [0.717, 1.165) is 11.8 Å². The summed E-state index contributed by atoms with van der Waals surface area (Å²) >= 11 is 0. The van der Waals surface area contributed by atoms with Crippen molar-refractivity contribution in [3.8, 4) is 11.6 Å². The first-order valence-electron chi connectivity index (χ1n) is 6.27. The highest BCUT2D eigenvalue weighted by Crippen LogP contribution is 2.33. The number of para-hydroxylation sites is 1. The molecule has 1 heterocycles. The monoisotopic (exact) mass is 289 g/mol. The van der Waals surface area contributed by atoms with Crippen LogP contribution in [0.3, 0.4) is 0 Å². The summed E-state index contributed by atoms with van der Waals surface area (Å²) in [6.07, 6.45) is 1.05. The second-order valence-electron chi connectivity index (χ2n) is 4.58. The number of benzene rings is 1. The Hall–Kier alpha value is -2.74. The molecule has 0 aliphatic carbocycles. The molecule has 0 saturated heterocycles. The molecule has 1 aromatic heterocycles. The first kappa shape index (κ1) is 14.7. The normalized spacial score (nSPS) is 10.5. The molecule has 21 heavy (non-hydrogen) atoms. The van der Waals surface area contributed by atoms with Crippen molar-refractivity contribution in [2.24, 2.45) is 5.84 Å². The van der Waals surface area contributed by atoms with Gasteiger partial charge in [-0.15, -0.1) is 0 Å². The van der Waals surface area contributed by atoms with Crippen LogP contribution in [0.2, 0.25) is 0 Å². The van der Waals surface area contributed by atoms with Gasteiger partial charge in [0.2, 0.25) is 5.95 Å². The summed E-state index contributed by atoms with van der Waals surface area (Å²) in [5.74, 6) is 5.81. The molecular weight excluding hydrogens is 274 g/mol. The van der Waals surface area contributed by atoms with Crippen LogP contribution in [-0.2, 0) is 0 Å². The Labute approximate surface area is 121 Å². The number of anilines is 1. The van der Waals surface area contributed by atoms with Crippen LogP contribution in [-0.4, -0.2) is 14.9 Å². The number of rotatable bonds is 5. The summed E-state index contributed by atoms with van der Waals surface area (Å²) in [5, 5.41) is 11.0. The topological polar surface area (TPSA) is 116 Å². The van der Waals surface area contributed by atoms with E-state index in [1.165, 1.54) is 0 Å². The van der Waals surface area contributed by atoms with Crippen molar-refractivity contribution < 1.29 is 9.66 Å². The van der Waals surface area contributed by atoms with Gasteiger partial charge < -0.3 is 4.74 Å². The Bertz CT molecular complexity index is 660. The van der Waals surface area contributed by atoms with Gasteiger partial charge in [0.05, 0.1) is 4.92 Å². The van der Waals surface area contributed by atoms with Gasteiger partial charge >= 0.3 is 11.6 Å². The number of ether oxygens (including phenoxy) is 1. The summed E-state index contributed by atoms with van der Waals surface area (Å²) in [5.41, 5.74) is 2.83. The van der Waals surface area contributed by atoms with Gasteiger partial charge in [-0.2, -0.15) is 4.98 Å². The molecule has 2 rings (SSSR count). The molecule has 8 nitrogen and oxygen atoms in total. The second kappa shape index (κ2) is 6.14. The van der Waals surface area contributed by atoms with Gasteiger partial charge in [0.15, 0.2) is 0 Å². The lowest BCUT2D eigenvalue weighted by Crippen LogP contribution is -2.11. The molecule has 0 fully saturated rings. The molecule has 8 heteroatoms. The number of nitrogens with one attached hydrogen (secondary N) is 1. The Morgan fingerprint density at radius 3 is 2.71 bits per heavy atom. The first-order chi connectivity index (χ1) is 10.0. The van der Waals surface area contributed by atoms with Crippen molar-refractivity contribution in [3.63, 3.8) is 0 Å². The van der Waals surface area contributed by atoms with Crippen LogP contribution in [0.5, 0.6) is 11.6 Å². The van der Waals surface area contributed by atoms with Crippen molar-refractivity contribution in [2.75, 3.05) is 5.43 Å². The third kappa shape index (κ3) is 3.23. The smallest absolute Gasteiger partial charge is 0.349 e. The molecule has 0 amide bonds. The SMILES string of the molecule is CC(C)c1ccccc1Oc1nc(NN)ncc1[N+](=O)[O-]. The maximum atomic E-state index is 11.0. The van der Waals surface area contributed by atoms with Crippen LogP contribution in [0.15, 0.2) is 30.5 Å². The molecule has 110 valence electrons. The van der Waals surface area contributed by atoms with Crippen LogP contribution in [0.1, 0.15) is 25.3 Å². The van der Waals surface area contributed by atoms with Gasteiger partial charge in [-0.1, -0.05) is 32.0 Å². The fraction of sp³-hybridized carbons (Fsp3) is 0.231. The molecule has 0 aliphatic heterocycles. The van der Waals surface area contributed by atoms with E-state index in [0.29, 0.717) is 5.75 Å². The molecule has 0 saturated carbocycles. The Morgan fingerprint density at radius 2 is 2.10 bits per heavy atom.